The molecule has 2 rings (SSSR count). The molecule has 0 fully saturated rings. The first kappa shape index (κ1) is 12.4. The fraction of sp³-hybridized carbons (Fsp3) is 0.0909. The summed E-state index contributed by atoms with van der Waals surface area (Å²) in [5.41, 5.74) is 0. The van der Waals surface area contributed by atoms with Crippen molar-refractivity contribution in [3.63, 3.8) is 0 Å². The zero-order chi connectivity index (χ0) is 12.5. The van der Waals surface area contributed by atoms with Gasteiger partial charge < -0.3 is 0 Å². The summed E-state index contributed by atoms with van der Waals surface area (Å²) in [7, 11) is -3.54. The number of nitrogens with zero attached hydrogens (tertiary/aromatic N) is 2. The van der Waals surface area contributed by atoms with Crippen LogP contribution in [-0.2, 0) is 10.0 Å². The van der Waals surface area contributed by atoms with E-state index < -0.39 is 10.0 Å². The molecule has 0 radical (unpaired) electrons. The Morgan fingerprint density at radius 1 is 1.24 bits per heavy atom. The summed E-state index contributed by atoms with van der Waals surface area (Å²) < 4.78 is 26.7. The Labute approximate surface area is 114 Å². The van der Waals surface area contributed by atoms with E-state index in [2.05, 4.69) is 27.6 Å². The first-order valence-electron chi connectivity index (χ1n) is 4.86. The third-order valence-electron chi connectivity index (χ3n) is 2.26. The molecule has 0 saturated heterocycles. The van der Waals surface area contributed by atoms with Gasteiger partial charge in [-0.15, -0.1) is 3.97 Å². The Morgan fingerprint density at radius 2 is 1.88 bits per heavy atom. The molecule has 1 heterocycles. The van der Waals surface area contributed by atoms with Crippen molar-refractivity contribution in [2.45, 2.75) is 11.8 Å². The van der Waals surface area contributed by atoms with E-state index in [4.69, 9.17) is 0 Å². The van der Waals surface area contributed by atoms with E-state index in [0.717, 1.165) is 3.57 Å². The van der Waals surface area contributed by atoms with Crippen molar-refractivity contribution >= 4 is 32.6 Å². The Morgan fingerprint density at radius 3 is 2.47 bits per heavy atom. The Kier molecular flexibility index (Phi) is 3.43. The summed E-state index contributed by atoms with van der Waals surface area (Å²) in [4.78, 5) is 4.23. The zero-order valence-electron chi connectivity index (χ0n) is 9.04. The van der Waals surface area contributed by atoms with Crippen molar-refractivity contribution in [1.29, 1.82) is 0 Å². The Hall–Kier alpha value is -1.02. The third kappa shape index (κ3) is 2.47. The maximum absolute atomic E-state index is 12.3. The van der Waals surface area contributed by atoms with Gasteiger partial charge in [0.15, 0.2) is 0 Å². The van der Waals surface area contributed by atoms with Crippen molar-refractivity contribution in [3.05, 3.63) is 52.1 Å². The number of aromatic nitrogens is 2. The minimum atomic E-state index is -3.54. The lowest BCUT2D eigenvalue weighted by molar-refractivity contribution is -0.523. The van der Waals surface area contributed by atoms with Crippen LogP contribution in [0.3, 0.4) is 0 Å². The lowest BCUT2D eigenvalue weighted by Gasteiger charge is -2.03. The van der Waals surface area contributed by atoms with E-state index in [9.17, 15) is 8.42 Å². The standard InChI is InChI=1S/C11H10IN2O2S/c1-9-13-7-2-8-14(9)17(15,16)11-5-3-10(12)4-6-11/h2-8H,1H3/q+1. The van der Waals surface area contributed by atoms with Crippen molar-refractivity contribution < 1.29 is 12.4 Å². The molecule has 1 aromatic heterocycles. The molecule has 17 heavy (non-hydrogen) atoms. The van der Waals surface area contributed by atoms with Gasteiger partial charge in [0.05, 0.1) is 0 Å². The monoisotopic (exact) mass is 361 g/mol. The molecule has 0 aliphatic rings. The van der Waals surface area contributed by atoms with Crippen molar-refractivity contribution in [1.82, 2.24) is 4.98 Å². The van der Waals surface area contributed by atoms with Gasteiger partial charge in [-0.1, -0.05) is 4.98 Å². The van der Waals surface area contributed by atoms with Crippen LogP contribution in [0.1, 0.15) is 5.82 Å². The van der Waals surface area contributed by atoms with Gasteiger partial charge in [0.1, 0.15) is 17.3 Å². The van der Waals surface area contributed by atoms with Crippen LogP contribution in [-0.4, -0.2) is 13.4 Å². The number of halogens is 1. The number of hydrogen-bond donors (Lipinski definition) is 0. The molecule has 1 aromatic carbocycles. The van der Waals surface area contributed by atoms with Gasteiger partial charge in [-0.3, -0.25) is 0 Å². The van der Waals surface area contributed by atoms with Crippen LogP contribution >= 0.6 is 22.6 Å². The first-order valence-corrected chi connectivity index (χ1v) is 7.38. The van der Waals surface area contributed by atoms with E-state index in [1.165, 1.54) is 10.2 Å². The lowest BCUT2D eigenvalue weighted by Crippen LogP contribution is -2.45. The maximum Gasteiger partial charge on any atom is 0.335 e. The summed E-state index contributed by atoms with van der Waals surface area (Å²) in [6, 6.07) is 8.31. The average molecular weight is 361 g/mol. The van der Waals surface area contributed by atoms with Crippen molar-refractivity contribution in [2.24, 2.45) is 0 Å². The minimum absolute atomic E-state index is 0.263. The lowest BCUT2D eigenvalue weighted by atomic mass is 10.4. The number of hydrogen-bond acceptors (Lipinski definition) is 3. The van der Waals surface area contributed by atoms with Crippen LogP contribution in [0.2, 0.25) is 0 Å². The van der Waals surface area contributed by atoms with Gasteiger partial charge in [-0.25, -0.2) is 0 Å². The van der Waals surface area contributed by atoms with Crippen LogP contribution in [0, 0.1) is 10.5 Å². The van der Waals surface area contributed by atoms with Gasteiger partial charge in [0.2, 0.25) is 0 Å². The molecule has 88 valence electrons. The zero-order valence-corrected chi connectivity index (χ0v) is 12.0. The van der Waals surface area contributed by atoms with Crippen molar-refractivity contribution in [2.75, 3.05) is 0 Å². The highest BCUT2D eigenvalue weighted by Crippen LogP contribution is 2.11. The van der Waals surface area contributed by atoms with Crippen LogP contribution in [0.4, 0.5) is 0 Å². The normalized spacial score (nSPS) is 11.4. The molecular formula is C11H10IN2O2S+. The third-order valence-corrected chi connectivity index (χ3v) is 4.75. The summed E-state index contributed by atoms with van der Waals surface area (Å²) in [5.74, 6) is 0.436. The highest BCUT2D eigenvalue weighted by Gasteiger charge is 2.24. The average Bonchev–Trinajstić information content (AvgIpc) is 2.30. The Balaban J connectivity index is 2.58. The van der Waals surface area contributed by atoms with E-state index in [0.29, 0.717) is 5.82 Å². The maximum atomic E-state index is 12.3. The van der Waals surface area contributed by atoms with Gasteiger partial charge in [-0.2, -0.15) is 8.42 Å². The highest BCUT2D eigenvalue weighted by atomic mass is 127. The van der Waals surface area contributed by atoms with Crippen LogP contribution < -0.4 is 3.97 Å². The summed E-state index contributed by atoms with van der Waals surface area (Å²) >= 11 is 2.13. The molecule has 0 spiro atoms. The number of benzene rings is 1. The predicted molar refractivity (Wildman–Crippen MR) is 70.9 cm³/mol. The number of aryl methyl sites for hydroxylation is 1. The molecule has 0 N–H and O–H groups in total. The highest BCUT2D eigenvalue weighted by molar-refractivity contribution is 14.1. The van der Waals surface area contributed by atoms with Gasteiger partial charge in [0.25, 0.3) is 0 Å². The fourth-order valence-electron chi connectivity index (χ4n) is 1.41. The molecule has 0 atom stereocenters. The molecule has 4 nitrogen and oxygen atoms in total. The van der Waals surface area contributed by atoms with E-state index in [1.807, 2.05) is 0 Å². The molecule has 0 aliphatic heterocycles. The van der Waals surface area contributed by atoms with Crippen molar-refractivity contribution in [3.8, 4) is 0 Å². The van der Waals surface area contributed by atoms with Crippen LogP contribution in [0.25, 0.3) is 0 Å². The second kappa shape index (κ2) is 4.69. The SMILES string of the molecule is Cc1nccc[n+]1S(=O)(=O)c1ccc(I)cc1. The van der Waals surface area contributed by atoms with E-state index >= 15 is 0 Å². The molecule has 0 saturated carbocycles. The second-order valence-electron chi connectivity index (χ2n) is 3.42. The smallest absolute Gasteiger partial charge is 0.178 e. The van der Waals surface area contributed by atoms with Crippen LogP contribution in [0.15, 0.2) is 47.6 Å². The fourth-order valence-corrected chi connectivity index (χ4v) is 3.10. The summed E-state index contributed by atoms with van der Waals surface area (Å²) in [6.07, 6.45) is 3.06. The molecule has 6 heteroatoms. The molecule has 0 unspecified atom stereocenters. The Bertz CT molecular complexity index is 639. The molecule has 0 amide bonds. The van der Waals surface area contributed by atoms with Gasteiger partial charge in [0, 0.05) is 16.6 Å². The molecule has 0 bridgehead atoms. The predicted octanol–water partition coefficient (Wildman–Crippen LogP) is 1.52. The summed E-state index contributed by atoms with van der Waals surface area (Å²) in [6.45, 7) is 1.66. The van der Waals surface area contributed by atoms with E-state index in [-0.39, 0.29) is 4.90 Å². The quantitative estimate of drug-likeness (QED) is 0.602. The first-order chi connectivity index (χ1) is 8.01. The molecular weight excluding hydrogens is 351 g/mol. The summed E-state index contributed by atoms with van der Waals surface area (Å²) in [5, 5.41) is 0. The molecule has 0 aliphatic carbocycles. The largest absolute Gasteiger partial charge is 0.335 e. The van der Waals surface area contributed by atoms with Gasteiger partial charge in [-0.05, 0) is 46.9 Å². The minimum Gasteiger partial charge on any atom is -0.178 e. The number of rotatable bonds is 2. The van der Waals surface area contributed by atoms with Gasteiger partial charge >= 0.3 is 15.8 Å². The molecule has 2 aromatic rings. The van der Waals surface area contributed by atoms with E-state index in [1.54, 1.807) is 43.5 Å². The second-order valence-corrected chi connectivity index (χ2v) is 6.48. The van der Waals surface area contributed by atoms with Crippen LogP contribution in [0.5, 0.6) is 0 Å². The topological polar surface area (TPSA) is 50.9 Å².